The molecule has 0 saturated heterocycles. The number of aromatic nitrogens is 1. The van der Waals surface area contributed by atoms with Gasteiger partial charge in [0.1, 0.15) is 23.0 Å². The van der Waals surface area contributed by atoms with E-state index in [4.69, 9.17) is 33.8 Å². The average molecular weight is 850 g/mol. The summed E-state index contributed by atoms with van der Waals surface area (Å²) in [6.45, 7) is 12.5. The summed E-state index contributed by atoms with van der Waals surface area (Å²) in [5, 5.41) is 6.97. The summed E-state index contributed by atoms with van der Waals surface area (Å²) in [5.41, 5.74) is 1.94. The molecule has 0 atom stereocenters. The number of fused-ring (bicyclic) bond motifs is 1. The number of hydrazone groups is 1. The maximum atomic E-state index is 13.5. The van der Waals surface area contributed by atoms with Crippen LogP contribution in [0.1, 0.15) is 96.5 Å². The zero-order valence-corrected chi connectivity index (χ0v) is 35.9. The smallest absolute Gasteiger partial charge is 0.330 e. The molecule has 6 rings (SSSR count). The Balaban J connectivity index is 1.01. The van der Waals surface area contributed by atoms with Crippen LogP contribution in [0, 0.1) is 23.7 Å². The van der Waals surface area contributed by atoms with Gasteiger partial charge in [0, 0.05) is 17.3 Å². The van der Waals surface area contributed by atoms with Crippen LogP contribution < -0.4 is 24.0 Å². The molecule has 3 aromatic carbocycles. The van der Waals surface area contributed by atoms with Crippen LogP contribution in [-0.2, 0) is 23.9 Å². The summed E-state index contributed by atoms with van der Waals surface area (Å²) in [6.07, 6.45) is 11.7. The minimum atomic E-state index is -0.403. The first-order chi connectivity index (χ1) is 29.6. The lowest BCUT2D eigenvalue weighted by Crippen LogP contribution is -2.30. The van der Waals surface area contributed by atoms with E-state index in [1.807, 2.05) is 31.2 Å². The molecule has 4 aromatic rings. The lowest BCUT2D eigenvalue weighted by molar-refractivity contribution is -0.145. The molecule has 13 heteroatoms. The van der Waals surface area contributed by atoms with Crippen molar-refractivity contribution in [3.63, 3.8) is 0 Å². The maximum Gasteiger partial charge on any atom is 0.330 e. The van der Waals surface area contributed by atoms with Gasteiger partial charge in [-0.3, -0.25) is 14.4 Å². The van der Waals surface area contributed by atoms with Crippen molar-refractivity contribution < 1.29 is 42.9 Å². The van der Waals surface area contributed by atoms with Crippen LogP contribution in [0.15, 0.2) is 96.8 Å². The van der Waals surface area contributed by atoms with E-state index in [0.717, 1.165) is 67.7 Å². The Kier molecular flexibility index (Phi) is 16.2. The molecule has 0 N–H and O–H groups in total. The number of rotatable bonds is 19. The van der Waals surface area contributed by atoms with E-state index in [1.165, 1.54) is 11.3 Å². The predicted molar refractivity (Wildman–Crippen MR) is 236 cm³/mol. The van der Waals surface area contributed by atoms with Gasteiger partial charge in [0.05, 0.1) is 47.4 Å². The van der Waals surface area contributed by atoms with Gasteiger partial charge in [-0.2, -0.15) is 5.10 Å². The standard InChI is InChI=1S/C48H55N3O9S/c1-5-44(52)57-29-11-7-6-10-28-56-38-22-24-39(25-23-38)58-45(53)35-18-20-36(21-19-35)46(54)59-40-26-27-42(60-47(55)34-16-14-33(4)15-17-34)37(30-40)31-49-51(32(2)3)48-50-41-12-8-9-13-43(41)61-48/h5,8-9,12-13,22-27,30-31,33-36H,1-2,6-7,10-11,14-21,28-29H2,3-4H3/b49-31+/t33-,34-,35-,36-. The normalized spacial score (nSPS) is 18.9. The number of allylic oxidation sites excluding steroid dienone is 1. The van der Waals surface area contributed by atoms with Crippen molar-refractivity contribution in [2.75, 3.05) is 18.2 Å². The molecular formula is C48H55N3O9S. The molecule has 2 fully saturated rings. The van der Waals surface area contributed by atoms with Gasteiger partial charge in [0.2, 0.25) is 5.13 Å². The highest BCUT2D eigenvalue weighted by molar-refractivity contribution is 7.22. The van der Waals surface area contributed by atoms with Crippen LogP contribution in [-0.4, -0.2) is 48.3 Å². The maximum absolute atomic E-state index is 13.5. The van der Waals surface area contributed by atoms with E-state index in [9.17, 15) is 19.2 Å². The van der Waals surface area contributed by atoms with Crippen molar-refractivity contribution in [3.05, 3.63) is 97.2 Å². The van der Waals surface area contributed by atoms with Crippen LogP contribution in [0.5, 0.6) is 23.0 Å². The van der Waals surface area contributed by atoms with Gasteiger partial charge in [-0.1, -0.05) is 43.6 Å². The molecule has 0 bridgehead atoms. The van der Waals surface area contributed by atoms with Crippen LogP contribution >= 0.6 is 11.3 Å². The van der Waals surface area contributed by atoms with Crippen molar-refractivity contribution in [2.45, 2.75) is 90.9 Å². The molecule has 0 unspecified atom stereocenters. The fraction of sp³-hybridized carbons (Fsp3) is 0.417. The van der Waals surface area contributed by atoms with Crippen LogP contribution in [0.25, 0.3) is 10.2 Å². The summed E-state index contributed by atoms with van der Waals surface area (Å²) in [7, 11) is 0. The van der Waals surface area contributed by atoms with E-state index < -0.39 is 17.9 Å². The summed E-state index contributed by atoms with van der Waals surface area (Å²) >= 11 is 1.48. The second-order valence-corrected chi connectivity index (χ2v) is 16.8. The zero-order valence-electron chi connectivity index (χ0n) is 35.1. The number of hydrogen-bond donors (Lipinski definition) is 0. The van der Waals surface area contributed by atoms with Gasteiger partial charge in [-0.05, 0) is 144 Å². The summed E-state index contributed by atoms with van der Waals surface area (Å²) < 4.78 is 29.4. The number of benzene rings is 3. The third-order valence-electron chi connectivity index (χ3n) is 11.1. The number of nitrogens with zero attached hydrogens (tertiary/aromatic N) is 3. The Morgan fingerprint density at radius 2 is 1.33 bits per heavy atom. The monoisotopic (exact) mass is 849 g/mol. The second kappa shape index (κ2) is 22.1. The van der Waals surface area contributed by atoms with E-state index >= 15 is 0 Å². The highest BCUT2D eigenvalue weighted by atomic mass is 32.1. The SMILES string of the molecule is C=CC(=O)OCCCCCCOc1ccc(OC(=O)[C@H]2CC[C@H](C(=O)Oc3ccc(OC(=O)[C@H]4CC[C@H](C)CC4)c(/C=N/N(C(=C)C)c4nc5ccccc5s4)c3)CC2)cc1. The van der Waals surface area contributed by atoms with Crippen molar-refractivity contribution in [2.24, 2.45) is 28.8 Å². The molecule has 2 aliphatic carbocycles. The number of anilines is 1. The largest absolute Gasteiger partial charge is 0.494 e. The number of esters is 4. The van der Waals surface area contributed by atoms with Gasteiger partial charge in [0.15, 0.2) is 0 Å². The quantitative estimate of drug-likeness (QED) is 0.0222. The Labute approximate surface area is 361 Å². The van der Waals surface area contributed by atoms with Crippen LogP contribution in [0.4, 0.5) is 5.13 Å². The summed E-state index contributed by atoms with van der Waals surface area (Å²) in [4.78, 5) is 55.7. The first-order valence-corrected chi connectivity index (χ1v) is 22.0. The number of carbonyl (C=O) groups is 4. The topological polar surface area (TPSA) is 143 Å². The summed E-state index contributed by atoms with van der Waals surface area (Å²) in [6, 6.07) is 19.7. The Morgan fingerprint density at radius 3 is 1.97 bits per heavy atom. The molecule has 2 saturated carbocycles. The molecule has 61 heavy (non-hydrogen) atoms. The number of carbonyl (C=O) groups excluding carboxylic acids is 4. The Bertz CT molecular complexity index is 2150. The van der Waals surface area contributed by atoms with E-state index in [2.05, 4.69) is 20.1 Å². The van der Waals surface area contributed by atoms with Crippen molar-refractivity contribution >= 4 is 56.8 Å². The van der Waals surface area contributed by atoms with Crippen molar-refractivity contribution in [1.29, 1.82) is 0 Å². The van der Waals surface area contributed by atoms with E-state index in [1.54, 1.807) is 53.7 Å². The molecule has 0 radical (unpaired) electrons. The van der Waals surface area contributed by atoms with Crippen LogP contribution in [0.2, 0.25) is 0 Å². The number of hydrogen-bond acceptors (Lipinski definition) is 13. The van der Waals surface area contributed by atoms with Gasteiger partial charge in [-0.25, -0.2) is 14.8 Å². The molecule has 1 aromatic heterocycles. The number of ether oxygens (including phenoxy) is 5. The number of para-hydroxylation sites is 1. The third kappa shape index (κ3) is 13.1. The van der Waals surface area contributed by atoms with E-state index in [0.29, 0.717) is 78.5 Å². The molecule has 2 aliphatic rings. The third-order valence-corrected chi connectivity index (χ3v) is 12.1. The summed E-state index contributed by atoms with van der Waals surface area (Å²) in [5.74, 6) is -0.00276. The highest BCUT2D eigenvalue weighted by Crippen LogP contribution is 2.35. The highest BCUT2D eigenvalue weighted by Gasteiger charge is 2.33. The second-order valence-electron chi connectivity index (χ2n) is 15.8. The lowest BCUT2D eigenvalue weighted by atomic mass is 9.82. The molecule has 322 valence electrons. The fourth-order valence-corrected chi connectivity index (χ4v) is 8.40. The zero-order chi connectivity index (χ0) is 43.1. The van der Waals surface area contributed by atoms with Gasteiger partial charge >= 0.3 is 23.9 Å². The molecule has 12 nitrogen and oxygen atoms in total. The molecule has 1 heterocycles. The first-order valence-electron chi connectivity index (χ1n) is 21.2. The minimum Gasteiger partial charge on any atom is -0.494 e. The number of unbranched alkanes of at least 4 members (excludes halogenated alkanes) is 3. The number of thiazole rings is 1. The Morgan fingerprint density at radius 1 is 0.754 bits per heavy atom. The molecule has 0 amide bonds. The van der Waals surface area contributed by atoms with Crippen molar-refractivity contribution in [3.8, 4) is 23.0 Å². The molecular weight excluding hydrogens is 795 g/mol. The molecule has 0 spiro atoms. The van der Waals surface area contributed by atoms with E-state index in [-0.39, 0.29) is 29.5 Å². The van der Waals surface area contributed by atoms with Crippen LogP contribution in [0.3, 0.4) is 0 Å². The lowest BCUT2D eigenvalue weighted by Gasteiger charge is -2.26. The van der Waals surface area contributed by atoms with Gasteiger partial charge in [-0.15, -0.1) is 0 Å². The van der Waals surface area contributed by atoms with Gasteiger partial charge in [0.25, 0.3) is 0 Å². The Hall–Kier alpha value is -5.82. The minimum absolute atomic E-state index is 0.178. The molecule has 0 aliphatic heterocycles. The first kappa shape index (κ1) is 44.7. The van der Waals surface area contributed by atoms with Gasteiger partial charge < -0.3 is 23.7 Å². The average Bonchev–Trinajstić information content (AvgIpc) is 3.70. The van der Waals surface area contributed by atoms with Crippen molar-refractivity contribution in [1.82, 2.24) is 4.98 Å². The fourth-order valence-electron chi connectivity index (χ4n) is 7.40. The predicted octanol–water partition coefficient (Wildman–Crippen LogP) is 10.4.